The summed E-state index contributed by atoms with van der Waals surface area (Å²) in [4.78, 5) is 24.8. The van der Waals surface area contributed by atoms with Crippen molar-refractivity contribution in [3.05, 3.63) is 24.0 Å². The number of nitrogens with zero attached hydrogens (tertiary/aromatic N) is 2. The lowest BCUT2D eigenvalue weighted by Crippen LogP contribution is -2.36. The van der Waals surface area contributed by atoms with E-state index in [-0.39, 0.29) is 24.6 Å². The first kappa shape index (κ1) is 14.4. The summed E-state index contributed by atoms with van der Waals surface area (Å²) >= 11 is 0. The first-order chi connectivity index (χ1) is 9.37. The van der Waals surface area contributed by atoms with Crippen molar-refractivity contribution in [2.75, 3.05) is 19.6 Å². The minimum atomic E-state index is -4.38. The van der Waals surface area contributed by atoms with E-state index >= 15 is 0 Å². The van der Waals surface area contributed by atoms with E-state index < -0.39 is 18.6 Å². The number of hydrogen-bond acceptors (Lipinski definition) is 2. The van der Waals surface area contributed by atoms with Crippen molar-refractivity contribution in [1.29, 1.82) is 0 Å². The molecule has 2 rings (SSSR count). The molecule has 0 aliphatic carbocycles. The molecule has 2 heterocycles. The Morgan fingerprint density at radius 3 is 2.80 bits per heavy atom. The van der Waals surface area contributed by atoms with E-state index in [1.165, 1.54) is 23.2 Å². The number of halogens is 3. The zero-order chi connectivity index (χ0) is 14.8. The second kappa shape index (κ2) is 5.56. The summed E-state index contributed by atoms with van der Waals surface area (Å²) in [5.74, 6) is -0.651. The molecule has 1 N–H and O–H groups in total. The van der Waals surface area contributed by atoms with Gasteiger partial charge >= 0.3 is 6.18 Å². The number of aromatic nitrogens is 1. The third kappa shape index (κ3) is 3.52. The molecule has 0 saturated carbocycles. The van der Waals surface area contributed by atoms with Gasteiger partial charge in [-0.05, 0) is 12.1 Å². The second-order valence-electron chi connectivity index (χ2n) is 4.53. The van der Waals surface area contributed by atoms with Crippen molar-refractivity contribution < 1.29 is 22.8 Å². The Bertz CT molecular complexity index is 510. The highest BCUT2D eigenvalue weighted by atomic mass is 19.4. The van der Waals surface area contributed by atoms with Crippen LogP contribution in [0.2, 0.25) is 0 Å². The van der Waals surface area contributed by atoms with E-state index in [0.717, 1.165) is 4.57 Å². The Balaban J connectivity index is 2.13. The lowest BCUT2D eigenvalue weighted by Gasteiger charge is -2.20. The van der Waals surface area contributed by atoms with Crippen LogP contribution < -0.4 is 5.32 Å². The fourth-order valence-corrected chi connectivity index (χ4v) is 2.07. The maximum atomic E-state index is 12.4. The molecule has 0 radical (unpaired) electrons. The molecule has 0 bridgehead atoms. The second-order valence-corrected chi connectivity index (χ2v) is 4.53. The average Bonchev–Trinajstić information content (AvgIpc) is 2.66. The van der Waals surface area contributed by atoms with Crippen LogP contribution in [0.1, 0.15) is 16.9 Å². The first-order valence-corrected chi connectivity index (χ1v) is 6.15. The van der Waals surface area contributed by atoms with Crippen molar-refractivity contribution in [3.8, 4) is 0 Å². The van der Waals surface area contributed by atoms with E-state index in [0.29, 0.717) is 13.1 Å². The number of carbonyl (C=O) groups excluding carboxylic acids is 2. The van der Waals surface area contributed by atoms with Gasteiger partial charge in [0.25, 0.3) is 5.91 Å². The summed E-state index contributed by atoms with van der Waals surface area (Å²) in [6.07, 6.45) is -3.00. The molecule has 0 spiro atoms. The van der Waals surface area contributed by atoms with Crippen molar-refractivity contribution in [2.45, 2.75) is 19.1 Å². The predicted octanol–water partition coefficient (Wildman–Crippen LogP) is 1.01. The van der Waals surface area contributed by atoms with Crippen LogP contribution >= 0.6 is 0 Å². The topological polar surface area (TPSA) is 54.3 Å². The Morgan fingerprint density at radius 2 is 2.10 bits per heavy atom. The van der Waals surface area contributed by atoms with E-state index in [1.54, 1.807) is 0 Å². The lowest BCUT2D eigenvalue weighted by atomic mass is 10.3. The largest absolute Gasteiger partial charge is 0.406 e. The molecule has 2 amide bonds. The van der Waals surface area contributed by atoms with Gasteiger partial charge < -0.3 is 14.8 Å². The molecular formula is C12H14F3N3O2. The van der Waals surface area contributed by atoms with Crippen molar-refractivity contribution in [1.82, 2.24) is 14.8 Å². The number of hydrogen-bond donors (Lipinski definition) is 1. The molecule has 1 fully saturated rings. The molecule has 1 aromatic rings. The minimum Gasteiger partial charge on any atom is -0.354 e. The number of carbonyl (C=O) groups is 2. The Hall–Kier alpha value is -1.99. The quantitative estimate of drug-likeness (QED) is 0.883. The van der Waals surface area contributed by atoms with Crippen molar-refractivity contribution >= 4 is 11.8 Å². The summed E-state index contributed by atoms with van der Waals surface area (Å²) in [5, 5.41) is 2.61. The number of nitrogens with one attached hydrogen (secondary N) is 1. The summed E-state index contributed by atoms with van der Waals surface area (Å²) in [7, 11) is 0. The van der Waals surface area contributed by atoms with Crippen LogP contribution in [0.25, 0.3) is 0 Å². The number of alkyl halides is 3. The van der Waals surface area contributed by atoms with Crippen LogP contribution in [0.3, 0.4) is 0 Å². The van der Waals surface area contributed by atoms with Gasteiger partial charge in [0.2, 0.25) is 5.91 Å². The minimum absolute atomic E-state index is 0.0170. The summed E-state index contributed by atoms with van der Waals surface area (Å²) < 4.78 is 38.1. The Labute approximate surface area is 113 Å². The summed E-state index contributed by atoms with van der Waals surface area (Å²) in [6.45, 7) is -0.389. The Morgan fingerprint density at radius 1 is 1.35 bits per heavy atom. The van der Waals surface area contributed by atoms with E-state index in [4.69, 9.17) is 0 Å². The monoisotopic (exact) mass is 289 g/mol. The van der Waals surface area contributed by atoms with Gasteiger partial charge in [-0.3, -0.25) is 9.59 Å². The zero-order valence-electron chi connectivity index (χ0n) is 10.6. The summed E-state index contributed by atoms with van der Waals surface area (Å²) in [5.41, 5.74) is -0.0170. The zero-order valence-corrected chi connectivity index (χ0v) is 10.6. The van der Waals surface area contributed by atoms with Gasteiger partial charge in [0.1, 0.15) is 12.2 Å². The summed E-state index contributed by atoms with van der Waals surface area (Å²) in [6, 6.07) is 2.76. The molecule has 8 heteroatoms. The fraction of sp³-hybridized carbons (Fsp3) is 0.500. The van der Waals surface area contributed by atoms with Crippen molar-refractivity contribution in [3.63, 3.8) is 0 Å². The van der Waals surface area contributed by atoms with Crippen LogP contribution in [-0.2, 0) is 11.3 Å². The molecular weight excluding hydrogens is 275 g/mol. The van der Waals surface area contributed by atoms with Gasteiger partial charge in [-0.15, -0.1) is 0 Å². The molecule has 1 saturated heterocycles. The fourth-order valence-electron chi connectivity index (χ4n) is 2.07. The van der Waals surface area contributed by atoms with Crippen LogP contribution in [0, 0.1) is 0 Å². The maximum absolute atomic E-state index is 12.4. The molecule has 1 aliphatic heterocycles. The maximum Gasteiger partial charge on any atom is 0.406 e. The average molecular weight is 289 g/mol. The SMILES string of the molecule is O=C1CCN(C(=O)c2cccn2CC(F)(F)F)CCN1. The van der Waals surface area contributed by atoms with Crippen LogP contribution in [0.5, 0.6) is 0 Å². The molecule has 0 unspecified atom stereocenters. The molecule has 20 heavy (non-hydrogen) atoms. The smallest absolute Gasteiger partial charge is 0.354 e. The third-order valence-electron chi connectivity index (χ3n) is 3.00. The molecule has 0 aromatic carbocycles. The van der Waals surface area contributed by atoms with Crippen LogP contribution in [0.15, 0.2) is 18.3 Å². The van der Waals surface area contributed by atoms with Crippen LogP contribution in [0.4, 0.5) is 13.2 Å². The normalized spacial score (nSPS) is 16.8. The highest BCUT2D eigenvalue weighted by Gasteiger charge is 2.30. The standard InChI is InChI=1S/C12H14F3N3O2/c13-12(14,15)8-18-5-1-2-9(18)11(20)17-6-3-10(19)16-4-7-17/h1-2,5H,3-4,6-8H2,(H,16,19). The molecule has 0 atom stereocenters. The molecule has 110 valence electrons. The number of rotatable bonds is 2. The molecule has 1 aliphatic rings. The highest BCUT2D eigenvalue weighted by Crippen LogP contribution is 2.19. The van der Waals surface area contributed by atoms with E-state index in [1.807, 2.05) is 0 Å². The molecule has 1 aromatic heterocycles. The highest BCUT2D eigenvalue weighted by molar-refractivity contribution is 5.93. The van der Waals surface area contributed by atoms with E-state index in [9.17, 15) is 22.8 Å². The van der Waals surface area contributed by atoms with Crippen molar-refractivity contribution in [2.24, 2.45) is 0 Å². The van der Waals surface area contributed by atoms with Gasteiger partial charge in [0, 0.05) is 32.3 Å². The first-order valence-electron chi connectivity index (χ1n) is 6.15. The number of amides is 2. The van der Waals surface area contributed by atoms with Gasteiger partial charge in [-0.25, -0.2) is 0 Å². The Kier molecular flexibility index (Phi) is 4.01. The van der Waals surface area contributed by atoms with Gasteiger partial charge in [-0.2, -0.15) is 13.2 Å². The van der Waals surface area contributed by atoms with Gasteiger partial charge in [0.05, 0.1) is 0 Å². The van der Waals surface area contributed by atoms with Gasteiger partial charge in [-0.1, -0.05) is 0 Å². The lowest BCUT2D eigenvalue weighted by molar-refractivity contribution is -0.140. The molecule has 5 nitrogen and oxygen atoms in total. The van der Waals surface area contributed by atoms with Gasteiger partial charge in [0.15, 0.2) is 0 Å². The van der Waals surface area contributed by atoms with Crippen LogP contribution in [-0.4, -0.2) is 47.1 Å². The third-order valence-corrected chi connectivity index (χ3v) is 3.00. The van der Waals surface area contributed by atoms with E-state index in [2.05, 4.69) is 5.32 Å². The predicted molar refractivity (Wildman–Crippen MR) is 64.0 cm³/mol.